The number of nitrogens with two attached hydrogens (primary N) is 1. The Morgan fingerprint density at radius 2 is 2.18 bits per heavy atom. The van der Waals surface area contributed by atoms with Crippen molar-refractivity contribution in [3.8, 4) is 11.8 Å². The van der Waals surface area contributed by atoms with E-state index in [4.69, 9.17) is 5.73 Å². The summed E-state index contributed by atoms with van der Waals surface area (Å²) in [6, 6.07) is 0. The van der Waals surface area contributed by atoms with E-state index in [0.29, 0.717) is 0 Å². The Kier molecular flexibility index (Phi) is 6.62. The van der Waals surface area contributed by atoms with Crippen LogP contribution in [0.1, 0.15) is 58.8 Å². The van der Waals surface area contributed by atoms with Crippen LogP contribution < -0.4 is 11.1 Å². The maximum Gasteiger partial charge on any atom is 0.0304 e. The molecular formula is C15H28N2. The molecule has 1 aliphatic rings. The molecule has 2 nitrogen and oxygen atoms in total. The Morgan fingerprint density at radius 3 is 2.82 bits per heavy atom. The zero-order valence-electron chi connectivity index (χ0n) is 11.5. The van der Waals surface area contributed by atoms with Crippen LogP contribution in [0.2, 0.25) is 0 Å². The lowest BCUT2D eigenvalue weighted by atomic mass is 9.89. The third-order valence-electron chi connectivity index (χ3n) is 4.19. The van der Waals surface area contributed by atoms with Gasteiger partial charge in [0.25, 0.3) is 0 Å². The van der Waals surface area contributed by atoms with Crippen LogP contribution >= 0.6 is 0 Å². The van der Waals surface area contributed by atoms with Crippen molar-refractivity contribution in [1.82, 2.24) is 5.32 Å². The van der Waals surface area contributed by atoms with E-state index >= 15 is 0 Å². The number of hydrogen-bond acceptors (Lipinski definition) is 2. The second-order valence-corrected chi connectivity index (χ2v) is 5.29. The molecule has 0 heterocycles. The summed E-state index contributed by atoms with van der Waals surface area (Å²) >= 11 is 0. The second-order valence-electron chi connectivity index (χ2n) is 5.29. The van der Waals surface area contributed by atoms with Gasteiger partial charge in [-0.3, -0.25) is 0 Å². The van der Waals surface area contributed by atoms with Gasteiger partial charge >= 0.3 is 0 Å². The van der Waals surface area contributed by atoms with Crippen LogP contribution in [0.25, 0.3) is 0 Å². The summed E-state index contributed by atoms with van der Waals surface area (Å²) in [7, 11) is 0. The molecule has 3 N–H and O–H groups in total. The van der Waals surface area contributed by atoms with Crippen LogP contribution in [0.3, 0.4) is 0 Å². The summed E-state index contributed by atoms with van der Waals surface area (Å²) in [5, 5.41) is 3.68. The predicted octanol–water partition coefficient (Wildman–Crippen LogP) is 2.68. The van der Waals surface area contributed by atoms with Crippen LogP contribution in [0.5, 0.6) is 0 Å². The van der Waals surface area contributed by atoms with Crippen molar-refractivity contribution in [3.05, 3.63) is 0 Å². The van der Waals surface area contributed by atoms with E-state index in [-0.39, 0.29) is 5.54 Å². The fourth-order valence-electron chi connectivity index (χ4n) is 2.86. The second kappa shape index (κ2) is 7.74. The summed E-state index contributed by atoms with van der Waals surface area (Å²) < 4.78 is 0. The van der Waals surface area contributed by atoms with Crippen molar-refractivity contribution < 1.29 is 0 Å². The maximum atomic E-state index is 6.01. The fraction of sp³-hybridized carbons (Fsp3) is 0.867. The van der Waals surface area contributed by atoms with Gasteiger partial charge in [0.1, 0.15) is 0 Å². The summed E-state index contributed by atoms with van der Waals surface area (Å²) in [6.07, 6.45) is 8.77. The van der Waals surface area contributed by atoms with Crippen molar-refractivity contribution in [2.45, 2.75) is 64.3 Å². The predicted molar refractivity (Wildman–Crippen MR) is 74.7 cm³/mol. The van der Waals surface area contributed by atoms with Gasteiger partial charge in [0.05, 0.1) is 0 Å². The highest BCUT2D eigenvalue weighted by molar-refractivity contribution is 4.97. The van der Waals surface area contributed by atoms with Crippen LogP contribution in [0.15, 0.2) is 0 Å². The summed E-state index contributed by atoms with van der Waals surface area (Å²) in [4.78, 5) is 0. The average molecular weight is 236 g/mol. The molecule has 0 spiro atoms. The van der Waals surface area contributed by atoms with Gasteiger partial charge in [0.2, 0.25) is 0 Å². The Bertz CT molecular complexity index is 264. The maximum absolute atomic E-state index is 6.01. The van der Waals surface area contributed by atoms with E-state index in [1.165, 1.54) is 38.5 Å². The highest BCUT2D eigenvalue weighted by Crippen LogP contribution is 2.31. The first kappa shape index (κ1) is 14.5. The summed E-state index contributed by atoms with van der Waals surface area (Å²) in [5.74, 6) is 6.97. The quantitative estimate of drug-likeness (QED) is 0.437. The molecule has 0 radical (unpaired) electrons. The van der Waals surface area contributed by atoms with Crippen molar-refractivity contribution >= 4 is 0 Å². The van der Waals surface area contributed by atoms with Crippen molar-refractivity contribution in [3.63, 3.8) is 0 Å². The van der Waals surface area contributed by atoms with E-state index in [0.717, 1.165) is 25.4 Å². The molecule has 0 aliphatic heterocycles. The van der Waals surface area contributed by atoms with E-state index < -0.39 is 0 Å². The molecule has 1 saturated carbocycles. The molecule has 1 rings (SSSR count). The molecule has 0 saturated heterocycles. The minimum Gasteiger partial charge on any atom is -0.329 e. The Morgan fingerprint density at radius 1 is 1.35 bits per heavy atom. The Balaban J connectivity index is 2.45. The van der Waals surface area contributed by atoms with Crippen molar-refractivity contribution in [2.75, 3.05) is 13.1 Å². The monoisotopic (exact) mass is 236 g/mol. The lowest BCUT2D eigenvalue weighted by molar-refractivity contribution is 0.291. The third kappa shape index (κ3) is 4.69. The smallest absolute Gasteiger partial charge is 0.0304 e. The SMILES string of the molecule is CC#CCCNC1(CN)CCCC(CC)CC1. The average Bonchev–Trinajstić information content (AvgIpc) is 2.58. The van der Waals surface area contributed by atoms with E-state index in [2.05, 4.69) is 24.1 Å². The van der Waals surface area contributed by atoms with Gasteiger partial charge in [0.15, 0.2) is 0 Å². The van der Waals surface area contributed by atoms with E-state index in [1.54, 1.807) is 0 Å². The van der Waals surface area contributed by atoms with Gasteiger partial charge in [-0.25, -0.2) is 0 Å². The Hall–Kier alpha value is -0.520. The first-order valence-corrected chi connectivity index (χ1v) is 7.11. The molecule has 0 aromatic rings. The fourth-order valence-corrected chi connectivity index (χ4v) is 2.86. The molecule has 2 heteroatoms. The largest absolute Gasteiger partial charge is 0.329 e. The van der Waals surface area contributed by atoms with Gasteiger partial charge in [-0.2, -0.15) is 0 Å². The lowest BCUT2D eigenvalue weighted by Crippen LogP contribution is -2.51. The molecule has 0 aromatic heterocycles. The topological polar surface area (TPSA) is 38.0 Å². The van der Waals surface area contributed by atoms with E-state index in [9.17, 15) is 0 Å². The van der Waals surface area contributed by atoms with Crippen molar-refractivity contribution in [2.24, 2.45) is 11.7 Å². The molecule has 1 fully saturated rings. The van der Waals surface area contributed by atoms with Crippen LogP contribution in [-0.2, 0) is 0 Å². The molecule has 1 aliphatic carbocycles. The number of hydrogen-bond donors (Lipinski definition) is 2. The van der Waals surface area contributed by atoms with Gasteiger partial charge in [-0.05, 0) is 32.1 Å². The molecule has 17 heavy (non-hydrogen) atoms. The third-order valence-corrected chi connectivity index (χ3v) is 4.19. The number of nitrogens with one attached hydrogen (secondary N) is 1. The van der Waals surface area contributed by atoms with Crippen LogP contribution in [-0.4, -0.2) is 18.6 Å². The highest BCUT2D eigenvalue weighted by atomic mass is 15.0. The standard InChI is InChI=1S/C15H28N2/c1-3-5-6-12-17-15(13-16)10-7-8-14(4-2)9-11-15/h14,17H,4,6-13,16H2,1-2H3. The van der Waals surface area contributed by atoms with Crippen LogP contribution in [0.4, 0.5) is 0 Å². The molecule has 0 aromatic carbocycles. The normalized spacial score (nSPS) is 29.2. The lowest BCUT2D eigenvalue weighted by Gasteiger charge is -2.33. The zero-order valence-corrected chi connectivity index (χ0v) is 11.5. The van der Waals surface area contributed by atoms with E-state index in [1.807, 2.05) is 6.92 Å². The molecule has 0 amide bonds. The molecule has 2 unspecified atom stereocenters. The zero-order chi connectivity index (χ0) is 12.6. The molecular weight excluding hydrogens is 208 g/mol. The minimum atomic E-state index is 0.194. The van der Waals surface area contributed by atoms with Crippen molar-refractivity contribution in [1.29, 1.82) is 0 Å². The molecule has 0 bridgehead atoms. The van der Waals surface area contributed by atoms with Gasteiger partial charge in [-0.1, -0.05) is 26.2 Å². The first-order chi connectivity index (χ1) is 8.26. The van der Waals surface area contributed by atoms with Gasteiger partial charge in [-0.15, -0.1) is 11.8 Å². The van der Waals surface area contributed by atoms with Gasteiger partial charge < -0.3 is 11.1 Å². The van der Waals surface area contributed by atoms with Gasteiger partial charge in [0, 0.05) is 25.0 Å². The summed E-state index contributed by atoms with van der Waals surface area (Å²) in [6.45, 7) is 5.96. The highest BCUT2D eigenvalue weighted by Gasteiger charge is 2.30. The Labute approximate surface area is 107 Å². The molecule has 98 valence electrons. The number of rotatable bonds is 5. The summed E-state index contributed by atoms with van der Waals surface area (Å²) in [5.41, 5.74) is 6.20. The minimum absolute atomic E-state index is 0.194. The first-order valence-electron chi connectivity index (χ1n) is 7.11. The molecule has 2 atom stereocenters. The van der Waals surface area contributed by atoms with Crippen LogP contribution in [0, 0.1) is 17.8 Å².